The number of rotatable bonds is 3. The first kappa shape index (κ1) is 18.3. The Balaban J connectivity index is 1.80. The van der Waals surface area contributed by atoms with E-state index in [4.69, 9.17) is 4.98 Å². The summed E-state index contributed by atoms with van der Waals surface area (Å²) >= 11 is 0. The summed E-state index contributed by atoms with van der Waals surface area (Å²) < 4.78 is 0. The normalized spacial score (nSPS) is 17.0. The molecule has 6 heteroatoms. The number of nitrogens with zero attached hydrogens (tertiary/aromatic N) is 5. The number of anilines is 1. The summed E-state index contributed by atoms with van der Waals surface area (Å²) in [6.45, 7) is 2.95. The van der Waals surface area contributed by atoms with Gasteiger partial charge in [0, 0.05) is 50.0 Å². The van der Waals surface area contributed by atoms with Crippen molar-refractivity contribution >= 4 is 22.8 Å². The molecule has 4 rings (SSSR count). The highest BCUT2D eigenvalue weighted by Gasteiger charge is 2.26. The SMILES string of the molecule is CC1CCCCN1C(=O)c1cc(-c2cnc(N(C)C)nc2)nc2ccccc12. The summed E-state index contributed by atoms with van der Waals surface area (Å²) in [7, 11) is 3.81. The smallest absolute Gasteiger partial charge is 0.254 e. The molecule has 1 fully saturated rings. The molecule has 0 radical (unpaired) electrons. The van der Waals surface area contributed by atoms with Gasteiger partial charge in [0.1, 0.15) is 0 Å². The predicted octanol–water partition coefficient (Wildman–Crippen LogP) is 3.77. The van der Waals surface area contributed by atoms with Crippen LogP contribution in [0.1, 0.15) is 36.5 Å². The molecule has 2 aromatic heterocycles. The second-order valence-corrected chi connectivity index (χ2v) is 7.58. The van der Waals surface area contributed by atoms with Crippen molar-refractivity contribution in [2.45, 2.75) is 32.2 Å². The number of likely N-dealkylation sites (tertiary alicyclic amines) is 1. The van der Waals surface area contributed by atoms with Crippen LogP contribution in [-0.4, -0.2) is 52.4 Å². The molecule has 0 aliphatic carbocycles. The number of piperidine rings is 1. The molecule has 1 aliphatic heterocycles. The van der Waals surface area contributed by atoms with Gasteiger partial charge < -0.3 is 9.80 Å². The molecular weight excluding hydrogens is 350 g/mol. The summed E-state index contributed by atoms with van der Waals surface area (Å²) in [6, 6.07) is 9.97. The Hall–Kier alpha value is -3.02. The van der Waals surface area contributed by atoms with Crippen LogP contribution in [0.4, 0.5) is 5.95 Å². The van der Waals surface area contributed by atoms with E-state index in [0.29, 0.717) is 11.5 Å². The van der Waals surface area contributed by atoms with Gasteiger partial charge in [-0.1, -0.05) is 18.2 Å². The van der Waals surface area contributed by atoms with Crippen LogP contribution < -0.4 is 4.90 Å². The maximum absolute atomic E-state index is 13.4. The molecule has 1 unspecified atom stereocenters. The Bertz CT molecular complexity index is 999. The van der Waals surface area contributed by atoms with Crippen molar-refractivity contribution in [3.8, 4) is 11.3 Å². The third kappa shape index (κ3) is 3.42. The molecule has 1 aliphatic rings. The van der Waals surface area contributed by atoms with Gasteiger partial charge in [-0.2, -0.15) is 0 Å². The number of benzene rings is 1. The molecule has 1 saturated heterocycles. The lowest BCUT2D eigenvalue weighted by atomic mass is 10.00. The van der Waals surface area contributed by atoms with Crippen LogP contribution in [0.3, 0.4) is 0 Å². The van der Waals surface area contributed by atoms with E-state index in [-0.39, 0.29) is 11.9 Å². The maximum Gasteiger partial charge on any atom is 0.254 e. The number of carbonyl (C=O) groups is 1. The highest BCUT2D eigenvalue weighted by atomic mass is 16.2. The van der Waals surface area contributed by atoms with E-state index in [9.17, 15) is 4.79 Å². The third-order valence-corrected chi connectivity index (χ3v) is 5.34. The van der Waals surface area contributed by atoms with Gasteiger partial charge in [0.05, 0.1) is 16.8 Å². The van der Waals surface area contributed by atoms with Gasteiger partial charge in [0.2, 0.25) is 5.95 Å². The lowest BCUT2D eigenvalue weighted by Crippen LogP contribution is -2.42. The van der Waals surface area contributed by atoms with Gasteiger partial charge in [-0.3, -0.25) is 4.79 Å². The first-order chi connectivity index (χ1) is 13.5. The molecule has 3 heterocycles. The number of carbonyl (C=O) groups excluding carboxylic acids is 1. The second-order valence-electron chi connectivity index (χ2n) is 7.58. The van der Waals surface area contributed by atoms with Gasteiger partial charge in [0.15, 0.2) is 0 Å². The molecule has 28 heavy (non-hydrogen) atoms. The molecule has 6 nitrogen and oxygen atoms in total. The van der Waals surface area contributed by atoms with E-state index < -0.39 is 0 Å². The first-order valence-corrected chi connectivity index (χ1v) is 9.75. The predicted molar refractivity (Wildman–Crippen MR) is 111 cm³/mol. The number of aromatic nitrogens is 3. The molecule has 1 atom stereocenters. The summed E-state index contributed by atoms with van der Waals surface area (Å²) in [5.41, 5.74) is 3.03. The van der Waals surface area contributed by atoms with E-state index in [1.807, 2.05) is 54.2 Å². The number of pyridine rings is 1. The lowest BCUT2D eigenvalue weighted by Gasteiger charge is -2.33. The average molecular weight is 375 g/mol. The van der Waals surface area contributed by atoms with Crippen LogP contribution in [0, 0.1) is 0 Å². The minimum absolute atomic E-state index is 0.0814. The van der Waals surface area contributed by atoms with Gasteiger partial charge in [-0.05, 0) is 38.3 Å². The summed E-state index contributed by atoms with van der Waals surface area (Å²) in [4.78, 5) is 30.8. The van der Waals surface area contributed by atoms with Gasteiger partial charge in [-0.25, -0.2) is 15.0 Å². The van der Waals surface area contributed by atoms with Crippen molar-refractivity contribution in [2.75, 3.05) is 25.5 Å². The second kappa shape index (κ2) is 7.54. The highest BCUT2D eigenvalue weighted by Crippen LogP contribution is 2.27. The lowest BCUT2D eigenvalue weighted by molar-refractivity contribution is 0.0637. The largest absolute Gasteiger partial charge is 0.347 e. The number of hydrogen-bond donors (Lipinski definition) is 0. The van der Waals surface area contributed by atoms with Crippen LogP contribution in [-0.2, 0) is 0 Å². The van der Waals surface area contributed by atoms with Crippen molar-refractivity contribution in [3.05, 3.63) is 48.3 Å². The van der Waals surface area contributed by atoms with Crippen molar-refractivity contribution in [2.24, 2.45) is 0 Å². The van der Waals surface area contributed by atoms with Crippen LogP contribution in [0.5, 0.6) is 0 Å². The fourth-order valence-corrected chi connectivity index (χ4v) is 3.74. The number of amides is 1. The molecule has 144 valence electrons. The minimum Gasteiger partial charge on any atom is -0.347 e. The molecule has 1 amide bonds. The Morgan fingerprint density at radius 3 is 2.61 bits per heavy atom. The van der Waals surface area contributed by atoms with Crippen molar-refractivity contribution < 1.29 is 4.79 Å². The Kier molecular flexibility index (Phi) is 4.94. The molecule has 3 aromatic rings. The van der Waals surface area contributed by atoms with Crippen LogP contribution in [0.2, 0.25) is 0 Å². The average Bonchev–Trinajstić information content (AvgIpc) is 2.73. The van der Waals surface area contributed by atoms with Crippen LogP contribution >= 0.6 is 0 Å². The van der Waals surface area contributed by atoms with Gasteiger partial charge >= 0.3 is 0 Å². The number of para-hydroxylation sites is 1. The van der Waals surface area contributed by atoms with E-state index in [0.717, 1.165) is 41.5 Å². The molecule has 0 bridgehead atoms. The molecule has 0 spiro atoms. The quantitative estimate of drug-likeness (QED) is 0.697. The zero-order chi connectivity index (χ0) is 19.7. The summed E-state index contributed by atoms with van der Waals surface area (Å²) in [5.74, 6) is 0.723. The van der Waals surface area contributed by atoms with E-state index >= 15 is 0 Å². The zero-order valence-corrected chi connectivity index (χ0v) is 16.6. The van der Waals surface area contributed by atoms with E-state index in [1.54, 1.807) is 12.4 Å². The Morgan fingerprint density at radius 1 is 1.14 bits per heavy atom. The molecular formula is C22H25N5O. The maximum atomic E-state index is 13.4. The minimum atomic E-state index is 0.0814. The van der Waals surface area contributed by atoms with Crippen molar-refractivity contribution in [1.29, 1.82) is 0 Å². The fraction of sp³-hybridized carbons (Fsp3) is 0.364. The standard InChI is InChI=1S/C22H25N5O/c1-15-8-6-7-11-27(15)21(28)18-12-20(25-19-10-5-4-9-17(18)19)16-13-23-22(24-14-16)26(2)3/h4-5,9-10,12-15H,6-8,11H2,1-3H3. The van der Waals surface area contributed by atoms with Crippen molar-refractivity contribution in [3.63, 3.8) is 0 Å². The molecule has 1 aromatic carbocycles. The molecule has 0 saturated carbocycles. The van der Waals surface area contributed by atoms with Crippen LogP contribution in [0.15, 0.2) is 42.7 Å². The molecule has 0 N–H and O–H groups in total. The Labute approximate surface area is 165 Å². The van der Waals surface area contributed by atoms with Crippen molar-refractivity contribution in [1.82, 2.24) is 19.9 Å². The monoisotopic (exact) mass is 375 g/mol. The zero-order valence-electron chi connectivity index (χ0n) is 16.6. The van der Waals surface area contributed by atoms with Gasteiger partial charge in [-0.15, -0.1) is 0 Å². The first-order valence-electron chi connectivity index (χ1n) is 9.75. The Morgan fingerprint density at radius 2 is 1.89 bits per heavy atom. The van der Waals surface area contributed by atoms with Crippen LogP contribution in [0.25, 0.3) is 22.2 Å². The van der Waals surface area contributed by atoms with E-state index in [1.165, 1.54) is 6.42 Å². The third-order valence-electron chi connectivity index (χ3n) is 5.34. The highest BCUT2D eigenvalue weighted by molar-refractivity contribution is 6.07. The van der Waals surface area contributed by atoms with E-state index in [2.05, 4.69) is 16.9 Å². The topological polar surface area (TPSA) is 62.2 Å². The number of fused-ring (bicyclic) bond motifs is 1. The van der Waals surface area contributed by atoms with Gasteiger partial charge in [0.25, 0.3) is 5.91 Å². The summed E-state index contributed by atoms with van der Waals surface area (Å²) in [5, 5.41) is 0.889. The number of hydrogen-bond acceptors (Lipinski definition) is 5. The fourth-order valence-electron chi connectivity index (χ4n) is 3.74. The summed E-state index contributed by atoms with van der Waals surface area (Å²) in [6.07, 6.45) is 6.82.